The van der Waals surface area contributed by atoms with Crippen LogP contribution in [-0.2, 0) is 0 Å². The van der Waals surface area contributed by atoms with Crippen LogP contribution in [0.3, 0.4) is 0 Å². The number of fused-ring (bicyclic) bond motifs is 1. The van der Waals surface area contributed by atoms with Crippen LogP contribution >= 0.6 is 11.3 Å². The van der Waals surface area contributed by atoms with Crippen molar-refractivity contribution >= 4 is 27.8 Å². The van der Waals surface area contributed by atoms with Crippen molar-refractivity contribution in [2.24, 2.45) is 10.1 Å². The van der Waals surface area contributed by atoms with E-state index in [9.17, 15) is 0 Å². The number of thiazole rings is 1. The van der Waals surface area contributed by atoms with Gasteiger partial charge in [0, 0.05) is 23.2 Å². The van der Waals surface area contributed by atoms with E-state index in [2.05, 4.69) is 54.6 Å². The standard InChI is InChI=1S/C20H23N3OS/c1-5-14(3)22-23-19(13-25-20(23)21-6-2)17-8-7-16-12-18(24-4)10-9-15(16)11-17/h7-13H,5-6H2,1-4H3. The maximum absolute atomic E-state index is 5.31. The Bertz CT molecular complexity index is 982. The Morgan fingerprint density at radius 2 is 1.88 bits per heavy atom. The molecule has 0 aliphatic heterocycles. The van der Waals surface area contributed by atoms with Crippen molar-refractivity contribution in [3.8, 4) is 17.0 Å². The average Bonchev–Trinajstić information content (AvgIpc) is 3.03. The molecule has 0 aliphatic carbocycles. The van der Waals surface area contributed by atoms with Gasteiger partial charge in [-0.1, -0.05) is 25.1 Å². The Labute approximate surface area is 152 Å². The molecule has 0 spiro atoms. The van der Waals surface area contributed by atoms with Crippen LogP contribution in [0.2, 0.25) is 0 Å². The van der Waals surface area contributed by atoms with Crippen LogP contribution in [-0.4, -0.2) is 24.0 Å². The maximum atomic E-state index is 5.31. The van der Waals surface area contributed by atoms with Gasteiger partial charge in [-0.05, 0) is 49.2 Å². The number of benzene rings is 2. The summed E-state index contributed by atoms with van der Waals surface area (Å²) in [6, 6.07) is 12.6. The molecule has 0 N–H and O–H groups in total. The first-order valence-corrected chi connectivity index (χ1v) is 9.38. The zero-order valence-corrected chi connectivity index (χ0v) is 15.9. The summed E-state index contributed by atoms with van der Waals surface area (Å²) in [5, 5.41) is 9.25. The van der Waals surface area contributed by atoms with Crippen molar-refractivity contribution in [1.29, 1.82) is 0 Å². The SMILES string of the molecule is CCN=c1scc(-c2ccc3cc(OC)ccc3c2)n1N=C(C)CC. The van der Waals surface area contributed by atoms with Gasteiger partial charge in [0.15, 0.2) is 0 Å². The minimum absolute atomic E-state index is 0.748. The molecule has 3 aromatic rings. The van der Waals surface area contributed by atoms with Gasteiger partial charge < -0.3 is 4.74 Å². The quantitative estimate of drug-likeness (QED) is 0.599. The minimum Gasteiger partial charge on any atom is -0.497 e. The molecule has 25 heavy (non-hydrogen) atoms. The highest BCUT2D eigenvalue weighted by molar-refractivity contribution is 7.07. The average molecular weight is 353 g/mol. The van der Waals surface area contributed by atoms with Crippen LogP contribution in [0.25, 0.3) is 22.0 Å². The molecular weight excluding hydrogens is 330 g/mol. The summed E-state index contributed by atoms with van der Waals surface area (Å²) in [5.41, 5.74) is 3.30. The Morgan fingerprint density at radius 3 is 2.60 bits per heavy atom. The second-order valence-electron chi connectivity index (χ2n) is 5.81. The Kier molecular flexibility index (Phi) is 5.34. The summed E-state index contributed by atoms with van der Waals surface area (Å²) >= 11 is 1.63. The molecular formula is C20H23N3OS. The lowest BCUT2D eigenvalue weighted by Gasteiger charge is -2.07. The highest BCUT2D eigenvalue weighted by Gasteiger charge is 2.09. The molecule has 0 atom stereocenters. The molecule has 0 aliphatic rings. The third-order valence-electron chi connectivity index (χ3n) is 4.10. The number of hydrogen-bond acceptors (Lipinski definition) is 4. The molecule has 0 radical (unpaired) electrons. The van der Waals surface area contributed by atoms with Crippen LogP contribution in [0.1, 0.15) is 27.2 Å². The Balaban J connectivity index is 2.16. The van der Waals surface area contributed by atoms with E-state index in [1.54, 1.807) is 18.4 Å². The fourth-order valence-electron chi connectivity index (χ4n) is 2.59. The van der Waals surface area contributed by atoms with Crippen molar-refractivity contribution in [1.82, 2.24) is 4.68 Å². The fourth-order valence-corrected chi connectivity index (χ4v) is 3.49. The van der Waals surface area contributed by atoms with E-state index in [1.165, 1.54) is 5.39 Å². The molecule has 5 heteroatoms. The predicted molar refractivity (Wildman–Crippen MR) is 107 cm³/mol. The normalized spacial score (nSPS) is 12.8. The summed E-state index contributed by atoms with van der Waals surface area (Å²) in [6.45, 7) is 6.96. The number of aromatic nitrogens is 1. The zero-order chi connectivity index (χ0) is 17.8. The number of methoxy groups -OCH3 is 1. The van der Waals surface area contributed by atoms with Crippen LogP contribution in [0.5, 0.6) is 5.75 Å². The van der Waals surface area contributed by atoms with Crippen LogP contribution < -0.4 is 9.54 Å². The summed E-state index contributed by atoms with van der Waals surface area (Å²) in [4.78, 5) is 5.51. The van der Waals surface area contributed by atoms with E-state index in [-0.39, 0.29) is 0 Å². The highest BCUT2D eigenvalue weighted by Crippen LogP contribution is 2.27. The molecule has 0 fully saturated rings. The first-order chi connectivity index (χ1) is 12.2. The lowest BCUT2D eigenvalue weighted by Crippen LogP contribution is -2.13. The first kappa shape index (κ1) is 17.4. The van der Waals surface area contributed by atoms with Gasteiger partial charge in [0.05, 0.1) is 12.8 Å². The van der Waals surface area contributed by atoms with Gasteiger partial charge in [0.1, 0.15) is 5.75 Å². The van der Waals surface area contributed by atoms with E-state index >= 15 is 0 Å². The van der Waals surface area contributed by atoms with Gasteiger partial charge >= 0.3 is 0 Å². The van der Waals surface area contributed by atoms with Crippen LogP contribution in [0.4, 0.5) is 0 Å². The van der Waals surface area contributed by atoms with E-state index in [0.29, 0.717) is 0 Å². The van der Waals surface area contributed by atoms with Crippen molar-refractivity contribution < 1.29 is 4.74 Å². The zero-order valence-electron chi connectivity index (χ0n) is 15.1. The van der Waals surface area contributed by atoms with E-state index in [1.807, 2.05) is 17.7 Å². The smallest absolute Gasteiger partial charge is 0.206 e. The molecule has 0 unspecified atom stereocenters. The van der Waals surface area contributed by atoms with E-state index in [4.69, 9.17) is 9.84 Å². The third kappa shape index (κ3) is 3.66. The minimum atomic E-state index is 0.748. The largest absolute Gasteiger partial charge is 0.497 e. The van der Waals surface area contributed by atoms with Crippen LogP contribution in [0, 0.1) is 0 Å². The molecule has 0 saturated carbocycles. The number of nitrogens with zero attached hydrogens (tertiary/aromatic N) is 3. The Morgan fingerprint density at radius 1 is 1.12 bits per heavy atom. The number of rotatable bonds is 5. The number of ether oxygens (including phenoxy) is 1. The highest BCUT2D eigenvalue weighted by atomic mass is 32.1. The molecule has 3 rings (SSSR count). The number of hydrogen-bond donors (Lipinski definition) is 0. The lowest BCUT2D eigenvalue weighted by atomic mass is 10.1. The molecule has 2 aromatic carbocycles. The van der Waals surface area contributed by atoms with Crippen molar-refractivity contribution in [2.75, 3.05) is 13.7 Å². The molecule has 0 bridgehead atoms. The maximum Gasteiger partial charge on any atom is 0.206 e. The Hall–Kier alpha value is -2.40. The molecule has 1 heterocycles. The summed E-state index contributed by atoms with van der Waals surface area (Å²) in [7, 11) is 1.69. The van der Waals surface area contributed by atoms with Crippen molar-refractivity contribution in [2.45, 2.75) is 27.2 Å². The molecule has 130 valence electrons. The van der Waals surface area contributed by atoms with Crippen LogP contribution in [0.15, 0.2) is 51.9 Å². The predicted octanol–water partition coefficient (Wildman–Crippen LogP) is 4.93. The second kappa shape index (κ2) is 7.66. The van der Waals surface area contributed by atoms with E-state index in [0.717, 1.165) is 45.9 Å². The topological polar surface area (TPSA) is 38.9 Å². The molecule has 0 saturated heterocycles. The molecule has 4 nitrogen and oxygen atoms in total. The third-order valence-corrected chi connectivity index (χ3v) is 4.96. The van der Waals surface area contributed by atoms with Crippen molar-refractivity contribution in [3.63, 3.8) is 0 Å². The summed E-state index contributed by atoms with van der Waals surface area (Å²) in [5.74, 6) is 0.873. The fraction of sp³-hybridized carbons (Fsp3) is 0.300. The van der Waals surface area contributed by atoms with Gasteiger partial charge in [-0.25, -0.2) is 4.68 Å². The van der Waals surface area contributed by atoms with Gasteiger partial charge in [0.25, 0.3) is 0 Å². The molecule has 0 amide bonds. The first-order valence-electron chi connectivity index (χ1n) is 8.50. The van der Waals surface area contributed by atoms with Gasteiger partial charge in [0.2, 0.25) is 4.80 Å². The van der Waals surface area contributed by atoms with Crippen molar-refractivity contribution in [3.05, 3.63) is 46.6 Å². The molecule has 1 aromatic heterocycles. The van der Waals surface area contributed by atoms with Gasteiger partial charge in [-0.3, -0.25) is 4.99 Å². The van der Waals surface area contributed by atoms with Gasteiger partial charge in [-0.2, -0.15) is 5.10 Å². The monoisotopic (exact) mass is 353 g/mol. The summed E-state index contributed by atoms with van der Waals surface area (Å²) in [6.07, 6.45) is 0.922. The second-order valence-corrected chi connectivity index (χ2v) is 6.64. The summed E-state index contributed by atoms with van der Waals surface area (Å²) < 4.78 is 7.28. The van der Waals surface area contributed by atoms with E-state index < -0.39 is 0 Å². The lowest BCUT2D eigenvalue weighted by molar-refractivity contribution is 0.415. The van der Waals surface area contributed by atoms with Gasteiger partial charge in [-0.15, -0.1) is 11.3 Å².